The van der Waals surface area contributed by atoms with Crippen LogP contribution >= 0.6 is 0 Å². The lowest BCUT2D eigenvalue weighted by Crippen LogP contribution is -2.44. The van der Waals surface area contributed by atoms with Crippen molar-refractivity contribution < 1.29 is 18.7 Å². The quantitative estimate of drug-likeness (QED) is 0.888. The van der Waals surface area contributed by atoms with Gasteiger partial charge in [0, 0.05) is 31.5 Å². The minimum absolute atomic E-state index is 0.175. The summed E-state index contributed by atoms with van der Waals surface area (Å²) in [6, 6.07) is 0.451. The summed E-state index contributed by atoms with van der Waals surface area (Å²) in [7, 11) is 4.02. The number of aliphatic hydroxyl groups excluding tert-OH is 1. The number of alkyl halides is 2. The average molecular weight is 316 g/mol. The Hall–Kier alpha value is -1.54. The molecule has 0 bridgehead atoms. The topological polar surface area (TPSA) is 61.6 Å². The van der Waals surface area contributed by atoms with Crippen LogP contribution in [-0.4, -0.2) is 63.6 Å². The maximum Gasteiger partial charge on any atom is 0.320 e. The van der Waals surface area contributed by atoms with E-state index >= 15 is 0 Å². The van der Waals surface area contributed by atoms with Gasteiger partial charge in [-0.15, -0.1) is 0 Å². The number of imidazole rings is 1. The van der Waals surface area contributed by atoms with E-state index in [2.05, 4.69) is 9.88 Å². The molecule has 6 nitrogen and oxygen atoms in total. The minimum Gasteiger partial charge on any atom is -0.385 e. The third-order valence-corrected chi connectivity index (χ3v) is 4.12. The highest BCUT2D eigenvalue weighted by atomic mass is 19.3. The van der Waals surface area contributed by atoms with Gasteiger partial charge in [-0.3, -0.25) is 9.36 Å². The number of halogens is 2. The van der Waals surface area contributed by atoms with Gasteiger partial charge in [0.25, 0.3) is 0 Å². The van der Waals surface area contributed by atoms with E-state index in [1.54, 1.807) is 4.90 Å². The van der Waals surface area contributed by atoms with Crippen molar-refractivity contribution in [2.45, 2.75) is 38.0 Å². The summed E-state index contributed by atoms with van der Waals surface area (Å²) in [5.74, 6) is -0.403. The number of hydrogen-bond acceptors (Lipinski definition) is 4. The highest BCUT2D eigenvalue weighted by Gasteiger charge is 2.27. The molecule has 0 spiro atoms. The first-order valence-corrected chi connectivity index (χ1v) is 7.33. The summed E-state index contributed by atoms with van der Waals surface area (Å²) in [4.78, 5) is 19.7. The number of carbonyl (C=O) groups excluding carboxylic acids is 1. The Balaban J connectivity index is 1.91. The molecule has 0 aromatic carbocycles. The highest BCUT2D eigenvalue weighted by molar-refractivity contribution is 5.76. The molecule has 2 rings (SSSR count). The van der Waals surface area contributed by atoms with E-state index in [-0.39, 0.29) is 18.2 Å². The van der Waals surface area contributed by atoms with Crippen LogP contribution < -0.4 is 0 Å². The summed E-state index contributed by atoms with van der Waals surface area (Å²) in [6.07, 6.45) is 2.49. The molecule has 1 fully saturated rings. The molecule has 0 saturated carbocycles. The van der Waals surface area contributed by atoms with E-state index in [1.165, 1.54) is 6.20 Å². The molecule has 1 aliphatic rings. The number of nitrogens with zero attached hydrogens (tertiary/aromatic N) is 4. The summed E-state index contributed by atoms with van der Waals surface area (Å²) in [6.45, 7) is -1.53. The van der Waals surface area contributed by atoms with Crippen molar-refractivity contribution >= 4 is 5.91 Å². The molecule has 124 valence electrons. The third kappa shape index (κ3) is 3.80. The van der Waals surface area contributed by atoms with Crippen LogP contribution in [0.3, 0.4) is 0 Å². The van der Waals surface area contributed by atoms with Crippen LogP contribution in [0.2, 0.25) is 0 Å². The highest BCUT2D eigenvalue weighted by Crippen LogP contribution is 2.22. The van der Waals surface area contributed by atoms with Crippen LogP contribution in [0.4, 0.5) is 8.78 Å². The number of rotatable bonds is 5. The van der Waals surface area contributed by atoms with Crippen LogP contribution in [-0.2, 0) is 4.79 Å². The van der Waals surface area contributed by atoms with Crippen LogP contribution in [0.15, 0.2) is 12.4 Å². The van der Waals surface area contributed by atoms with E-state index in [0.717, 1.165) is 19.0 Å². The van der Waals surface area contributed by atoms with Gasteiger partial charge in [-0.2, -0.15) is 8.78 Å². The minimum atomic E-state index is -2.78. The molecular formula is C14H22F2N4O2. The van der Waals surface area contributed by atoms with Crippen molar-refractivity contribution in [1.82, 2.24) is 19.4 Å². The molecule has 1 saturated heterocycles. The molecule has 1 amide bonds. The van der Waals surface area contributed by atoms with Crippen LogP contribution in [0, 0.1) is 0 Å². The van der Waals surface area contributed by atoms with Crippen LogP contribution in [0.1, 0.15) is 37.7 Å². The summed E-state index contributed by atoms with van der Waals surface area (Å²) >= 11 is 0. The lowest BCUT2D eigenvalue weighted by atomic mass is 10.0. The van der Waals surface area contributed by atoms with Gasteiger partial charge in [-0.25, -0.2) is 4.98 Å². The van der Waals surface area contributed by atoms with Gasteiger partial charge in [-0.1, -0.05) is 0 Å². The largest absolute Gasteiger partial charge is 0.385 e. The average Bonchev–Trinajstić information content (AvgIpc) is 2.97. The summed E-state index contributed by atoms with van der Waals surface area (Å²) in [5.41, 5.74) is 0. The van der Waals surface area contributed by atoms with Crippen molar-refractivity contribution in [2.24, 2.45) is 0 Å². The maximum absolute atomic E-state index is 12.7. The Labute approximate surface area is 128 Å². The fraction of sp³-hybridized carbons (Fsp3) is 0.714. The smallest absolute Gasteiger partial charge is 0.320 e. The lowest BCUT2D eigenvalue weighted by molar-refractivity contribution is -0.135. The molecule has 1 N–H and O–H groups in total. The molecule has 0 radical (unpaired) electrons. The van der Waals surface area contributed by atoms with Crippen molar-refractivity contribution in [2.75, 3.05) is 27.2 Å². The predicted octanol–water partition coefficient (Wildman–Crippen LogP) is 1.25. The van der Waals surface area contributed by atoms with E-state index in [4.69, 9.17) is 0 Å². The molecule has 1 unspecified atom stereocenters. The van der Waals surface area contributed by atoms with Crippen molar-refractivity contribution in [1.29, 1.82) is 0 Å². The van der Waals surface area contributed by atoms with Crippen LogP contribution in [0.25, 0.3) is 0 Å². The molecule has 0 aliphatic carbocycles. The second-order valence-electron chi connectivity index (χ2n) is 5.77. The molecular weight excluding hydrogens is 294 g/mol. The number of amides is 1. The normalized spacial score (nSPS) is 18.2. The van der Waals surface area contributed by atoms with Gasteiger partial charge in [0.05, 0.1) is 6.42 Å². The van der Waals surface area contributed by atoms with E-state index < -0.39 is 12.7 Å². The van der Waals surface area contributed by atoms with Gasteiger partial charge in [0.1, 0.15) is 11.9 Å². The Bertz CT molecular complexity index is 499. The van der Waals surface area contributed by atoms with E-state index in [0.29, 0.717) is 23.7 Å². The van der Waals surface area contributed by atoms with Crippen LogP contribution in [0.5, 0.6) is 0 Å². The second kappa shape index (κ2) is 7.15. The van der Waals surface area contributed by atoms with E-state index in [9.17, 15) is 18.7 Å². The van der Waals surface area contributed by atoms with Gasteiger partial charge in [-0.05, 0) is 26.9 Å². The Morgan fingerprint density at radius 2 is 2.09 bits per heavy atom. The fourth-order valence-electron chi connectivity index (χ4n) is 2.77. The maximum atomic E-state index is 12.7. The SMILES string of the molecule is CN(C)C1CCN(C(=O)CC(O)c2nccn2C(F)F)CC1. The summed E-state index contributed by atoms with van der Waals surface area (Å²) in [5, 5.41) is 10.0. The van der Waals surface area contributed by atoms with Gasteiger partial charge in [0.2, 0.25) is 5.91 Å². The number of aliphatic hydroxyl groups is 1. The lowest BCUT2D eigenvalue weighted by Gasteiger charge is -2.35. The number of hydrogen-bond donors (Lipinski definition) is 1. The number of aromatic nitrogens is 2. The summed E-state index contributed by atoms with van der Waals surface area (Å²) < 4.78 is 26.1. The van der Waals surface area contributed by atoms with Crippen molar-refractivity contribution in [3.63, 3.8) is 0 Å². The third-order valence-electron chi connectivity index (χ3n) is 4.12. The number of piperidine rings is 1. The monoisotopic (exact) mass is 316 g/mol. The predicted molar refractivity (Wildman–Crippen MR) is 76.3 cm³/mol. The van der Waals surface area contributed by atoms with Gasteiger partial charge < -0.3 is 14.9 Å². The second-order valence-corrected chi connectivity index (χ2v) is 5.77. The molecule has 1 atom stereocenters. The first kappa shape index (κ1) is 16.8. The number of likely N-dealkylation sites (tertiary alicyclic amines) is 1. The molecule has 2 heterocycles. The molecule has 1 aliphatic heterocycles. The van der Waals surface area contributed by atoms with Crippen molar-refractivity contribution in [3.8, 4) is 0 Å². The zero-order chi connectivity index (χ0) is 16.3. The molecule has 1 aromatic rings. The van der Waals surface area contributed by atoms with Gasteiger partial charge in [0.15, 0.2) is 0 Å². The fourth-order valence-corrected chi connectivity index (χ4v) is 2.77. The Morgan fingerprint density at radius 3 is 2.64 bits per heavy atom. The van der Waals surface area contributed by atoms with Crippen molar-refractivity contribution in [3.05, 3.63) is 18.2 Å². The first-order chi connectivity index (χ1) is 10.4. The molecule has 22 heavy (non-hydrogen) atoms. The zero-order valence-electron chi connectivity index (χ0n) is 12.8. The zero-order valence-corrected chi connectivity index (χ0v) is 12.8. The first-order valence-electron chi connectivity index (χ1n) is 7.33. The van der Waals surface area contributed by atoms with Gasteiger partial charge >= 0.3 is 6.55 Å². The Kier molecular flexibility index (Phi) is 5.47. The molecule has 1 aromatic heterocycles. The standard InChI is InChI=1S/C14H22F2N4O2/c1-18(2)10-3-6-19(7-4-10)12(22)9-11(21)13-17-5-8-20(13)14(15)16/h5,8,10-11,14,21H,3-4,6-7,9H2,1-2H3. The Morgan fingerprint density at radius 1 is 1.45 bits per heavy atom. The van der Waals surface area contributed by atoms with E-state index in [1.807, 2.05) is 14.1 Å². The molecule has 8 heteroatoms. The number of carbonyl (C=O) groups is 1.